The highest BCUT2D eigenvalue weighted by atomic mass is 16.2. The summed E-state index contributed by atoms with van der Waals surface area (Å²) in [6.45, 7) is 5.10. The predicted molar refractivity (Wildman–Crippen MR) is 78.8 cm³/mol. The number of amides is 1. The van der Waals surface area contributed by atoms with Gasteiger partial charge in [0, 0.05) is 25.7 Å². The molecule has 2 aliphatic heterocycles. The Kier molecular flexibility index (Phi) is 4.50. The minimum atomic E-state index is 0.00201. The highest BCUT2D eigenvalue weighted by molar-refractivity contribution is 5.92. The Hall–Kier alpha value is -1.47. The van der Waals surface area contributed by atoms with Crippen LogP contribution >= 0.6 is 0 Å². The van der Waals surface area contributed by atoms with Crippen molar-refractivity contribution < 1.29 is 4.79 Å². The summed E-state index contributed by atoms with van der Waals surface area (Å²) >= 11 is 0. The lowest BCUT2D eigenvalue weighted by Crippen LogP contribution is -2.49. The van der Waals surface area contributed by atoms with E-state index in [9.17, 15) is 4.79 Å². The first-order chi connectivity index (χ1) is 10.3. The molecule has 0 saturated carbocycles. The van der Waals surface area contributed by atoms with E-state index in [-0.39, 0.29) is 5.91 Å². The number of hydrogen-bond acceptors (Lipinski definition) is 5. The van der Waals surface area contributed by atoms with E-state index in [4.69, 9.17) is 5.73 Å². The van der Waals surface area contributed by atoms with Crippen molar-refractivity contribution in [2.75, 3.05) is 32.7 Å². The van der Waals surface area contributed by atoms with Crippen LogP contribution in [0.2, 0.25) is 0 Å². The number of piperidine rings is 1. The lowest BCUT2D eigenvalue weighted by molar-refractivity contribution is 0.0602. The van der Waals surface area contributed by atoms with Crippen LogP contribution in [-0.2, 0) is 6.54 Å². The maximum Gasteiger partial charge on any atom is 0.276 e. The van der Waals surface area contributed by atoms with Crippen molar-refractivity contribution in [2.24, 2.45) is 5.73 Å². The number of nitrogens with zero attached hydrogens (tertiary/aromatic N) is 5. The van der Waals surface area contributed by atoms with Crippen molar-refractivity contribution in [1.82, 2.24) is 24.8 Å². The molecule has 0 bridgehead atoms. The summed E-state index contributed by atoms with van der Waals surface area (Å²) in [5, 5.41) is 7.93. The zero-order chi connectivity index (χ0) is 14.7. The molecule has 1 unspecified atom stereocenters. The van der Waals surface area contributed by atoms with Crippen molar-refractivity contribution in [2.45, 2.75) is 38.3 Å². The van der Waals surface area contributed by atoms with E-state index in [2.05, 4.69) is 15.2 Å². The molecular formula is C14H24N6O. The van der Waals surface area contributed by atoms with E-state index in [1.165, 1.54) is 32.4 Å². The molecule has 1 aromatic rings. The smallest absolute Gasteiger partial charge is 0.276 e. The molecule has 1 aromatic heterocycles. The number of rotatable bonds is 4. The number of carbonyl (C=O) groups is 1. The van der Waals surface area contributed by atoms with E-state index < -0.39 is 0 Å². The molecule has 2 saturated heterocycles. The third-order valence-electron chi connectivity index (χ3n) is 4.46. The summed E-state index contributed by atoms with van der Waals surface area (Å²) in [4.78, 5) is 17.0. The second-order valence-electron chi connectivity index (χ2n) is 5.95. The summed E-state index contributed by atoms with van der Waals surface area (Å²) in [6.07, 6.45) is 6.55. The highest BCUT2D eigenvalue weighted by Crippen LogP contribution is 2.21. The molecule has 3 rings (SSSR count). The Morgan fingerprint density at radius 2 is 2.10 bits per heavy atom. The van der Waals surface area contributed by atoms with E-state index >= 15 is 0 Å². The monoisotopic (exact) mass is 292 g/mol. The van der Waals surface area contributed by atoms with Gasteiger partial charge in [0.25, 0.3) is 5.91 Å². The van der Waals surface area contributed by atoms with E-state index in [0.29, 0.717) is 24.8 Å². The average molecular weight is 292 g/mol. The molecule has 7 heteroatoms. The van der Waals surface area contributed by atoms with Gasteiger partial charge < -0.3 is 10.6 Å². The fourth-order valence-corrected chi connectivity index (χ4v) is 3.34. The fraction of sp³-hybridized carbons (Fsp3) is 0.786. The standard InChI is InChI=1S/C14H24N6O/c15-5-9-20-11-13(16-17-20)14(21)19-8-3-4-12(10-19)18-6-1-2-7-18/h11-12H,1-10,15H2. The average Bonchev–Trinajstić information content (AvgIpc) is 3.18. The molecule has 0 radical (unpaired) electrons. The van der Waals surface area contributed by atoms with Gasteiger partial charge in [-0.3, -0.25) is 14.4 Å². The predicted octanol–water partition coefficient (Wildman–Crippen LogP) is -0.0628. The summed E-state index contributed by atoms with van der Waals surface area (Å²) in [7, 11) is 0. The van der Waals surface area contributed by atoms with Gasteiger partial charge in [0.2, 0.25) is 0 Å². The van der Waals surface area contributed by atoms with Gasteiger partial charge in [-0.25, -0.2) is 0 Å². The van der Waals surface area contributed by atoms with Crippen molar-refractivity contribution in [3.8, 4) is 0 Å². The Labute approximate surface area is 125 Å². The molecule has 116 valence electrons. The van der Waals surface area contributed by atoms with Crippen LogP contribution in [0.15, 0.2) is 6.20 Å². The number of carbonyl (C=O) groups excluding carboxylic acids is 1. The summed E-state index contributed by atoms with van der Waals surface area (Å²) in [5.74, 6) is 0.00201. The van der Waals surface area contributed by atoms with Gasteiger partial charge in [0.05, 0.1) is 12.7 Å². The number of likely N-dealkylation sites (tertiary alicyclic amines) is 2. The van der Waals surface area contributed by atoms with Crippen molar-refractivity contribution in [3.63, 3.8) is 0 Å². The second kappa shape index (κ2) is 6.53. The minimum Gasteiger partial charge on any atom is -0.336 e. The molecule has 0 aromatic carbocycles. The van der Waals surface area contributed by atoms with Gasteiger partial charge in [-0.2, -0.15) is 0 Å². The van der Waals surface area contributed by atoms with Crippen LogP contribution in [0.25, 0.3) is 0 Å². The maximum atomic E-state index is 12.5. The van der Waals surface area contributed by atoms with Crippen LogP contribution in [-0.4, -0.2) is 69.5 Å². The van der Waals surface area contributed by atoms with Crippen molar-refractivity contribution >= 4 is 5.91 Å². The van der Waals surface area contributed by atoms with Crippen LogP contribution in [0.5, 0.6) is 0 Å². The number of nitrogens with two attached hydrogens (primary N) is 1. The minimum absolute atomic E-state index is 0.00201. The first-order valence-corrected chi connectivity index (χ1v) is 7.91. The lowest BCUT2D eigenvalue weighted by Gasteiger charge is -2.37. The Morgan fingerprint density at radius 3 is 2.86 bits per heavy atom. The summed E-state index contributed by atoms with van der Waals surface area (Å²) < 4.78 is 1.63. The second-order valence-corrected chi connectivity index (χ2v) is 5.95. The molecule has 7 nitrogen and oxygen atoms in total. The van der Waals surface area contributed by atoms with Gasteiger partial charge in [0.1, 0.15) is 0 Å². The number of hydrogen-bond donors (Lipinski definition) is 1. The van der Waals surface area contributed by atoms with Crippen LogP contribution in [0.1, 0.15) is 36.2 Å². The van der Waals surface area contributed by atoms with E-state index in [1.807, 2.05) is 4.90 Å². The van der Waals surface area contributed by atoms with E-state index in [1.54, 1.807) is 10.9 Å². The van der Waals surface area contributed by atoms with Crippen LogP contribution in [0.4, 0.5) is 0 Å². The van der Waals surface area contributed by atoms with Gasteiger partial charge in [-0.1, -0.05) is 5.21 Å². The number of aromatic nitrogens is 3. The molecule has 0 aliphatic carbocycles. The third kappa shape index (κ3) is 3.24. The van der Waals surface area contributed by atoms with Gasteiger partial charge in [-0.15, -0.1) is 5.10 Å². The fourth-order valence-electron chi connectivity index (χ4n) is 3.34. The Balaban J connectivity index is 1.62. The van der Waals surface area contributed by atoms with Crippen molar-refractivity contribution in [3.05, 3.63) is 11.9 Å². The first kappa shape index (κ1) is 14.5. The summed E-state index contributed by atoms with van der Waals surface area (Å²) in [6, 6.07) is 0.518. The highest BCUT2D eigenvalue weighted by Gasteiger charge is 2.30. The normalized spacial score (nSPS) is 23.7. The zero-order valence-corrected chi connectivity index (χ0v) is 12.4. The molecular weight excluding hydrogens is 268 g/mol. The molecule has 2 N–H and O–H groups in total. The zero-order valence-electron chi connectivity index (χ0n) is 12.4. The SMILES string of the molecule is NCCn1cc(C(=O)N2CCCC(N3CCCC3)C2)nn1. The lowest BCUT2D eigenvalue weighted by atomic mass is 10.0. The molecule has 2 aliphatic rings. The van der Waals surface area contributed by atoms with Gasteiger partial charge >= 0.3 is 0 Å². The summed E-state index contributed by atoms with van der Waals surface area (Å²) in [5.41, 5.74) is 5.92. The topological polar surface area (TPSA) is 80.3 Å². The molecule has 1 atom stereocenters. The molecule has 21 heavy (non-hydrogen) atoms. The van der Waals surface area contributed by atoms with E-state index in [0.717, 1.165) is 19.5 Å². The third-order valence-corrected chi connectivity index (χ3v) is 4.46. The van der Waals surface area contributed by atoms with Crippen LogP contribution in [0, 0.1) is 0 Å². The van der Waals surface area contributed by atoms with Gasteiger partial charge in [-0.05, 0) is 38.8 Å². The van der Waals surface area contributed by atoms with Crippen LogP contribution in [0.3, 0.4) is 0 Å². The van der Waals surface area contributed by atoms with Crippen LogP contribution < -0.4 is 5.73 Å². The Morgan fingerprint density at radius 1 is 1.29 bits per heavy atom. The Bertz CT molecular complexity index is 482. The molecule has 1 amide bonds. The quantitative estimate of drug-likeness (QED) is 0.841. The first-order valence-electron chi connectivity index (χ1n) is 7.91. The maximum absolute atomic E-state index is 12.5. The van der Waals surface area contributed by atoms with Crippen molar-refractivity contribution in [1.29, 1.82) is 0 Å². The van der Waals surface area contributed by atoms with Gasteiger partial charge in [0.15, 0.2) is 5.69 Å². The molecule has 3 heterocycles. The largest absolute Gasteiger partial charge is 0.336 e. The molecule has 0 spiro atoms. The molecule has 2 fully saturated rings.